The zero-order valence-corrected chi connectivity index (χ0v) is 13.0. The lowest BCUT2D eigenvalue weighted by atomic mass is 9.99. The van der Waals surface area contributed by atoms with E-state index in [4.69, 9.17) is 0 Å². The largest absolute Gasteiger partial charge is 0.311 e. The monoisotopic (exact) mass is 254 g/mol. The second-order valence-corrected chi connectivity index (χ2v) is 5.94. The SMILES string of the molecule is CCC1CCCC1NC(C)CCCN(CC)CC. The molecular weight excluding hydrogens is 220 g/mol. The first-order valence-electron chi connectivity index (χ1n) is 8.19. The van der Waals surface area contributed by atoms with Crippen LogP contribution in [-0.2, 0) is 0 Å². The summed E-state index contributed by atoms with van der Waals surface area (Å²) < 4.78 is 0. The molecule has 1 fully saturated rings. The van der Waals surface area contributed by atoms with E-state index in [-0.39, 0.29) is 0 Å². The van der Waals surface area contributed by atoms with Gasteiger partial charge in [0.25, 0.3) is 0 Å². The lowest BCUT2D eigenvalue weighted by Crippen LogP contribution is -2.39. The Labute approximate surface area is 115 Å². The molecular formula is C16H34N2. The summed E-state index contributed by atoms with van der Waals surface area (Å²) >= 11 is 0. The molecule has 0 amide bonds. The number of rotatable bonds is 9. The van der Waals surface area contributed by atoms with Crippen molar-refractivity contribution in [3.63, 3.8) is 0 Å². The number of nitrogens with one attached hydrogen (secondary N) is 1. The highest BCUT2D eigenvalue weighted by Crippen LogP contribution is 2.28. The maximum atomic E-state index is 3.87. The van der Waals surface area contributed by atoms with Gasteiger partial charge in [-0.05, 0) is 58.2 Å². The van der Waals surface area contributed by atoms with Crippen LogP contribution >= 0.6 is 0 Å². The summed E-state index contributed by atoms with van der Waals surface area (Å²) in [6.45, 7) is 12.9. The molecule has 0 aliphatic heterocycles. The summed E-state index contributed by atoms with van der Waals surface area (Å²) in [5, 5.41) is 3.87. The predicted octanol–water partition coefficient (Wildman–Crippen LogP) is 3.67. The zero-order valence-electron chi connectivity index (χ0n) is 13.0. The van der Waals surface area contributed by atoms with Gasteiger partial charge in [-0.3, -0.25) is 0 Å². The maximum absolute atomic E-state index is 3.87. The Morgan fingerprint density at radius 3 is 2.50 bits per heavy atom. The van der Waals surface area contributed by atoms with E-state index in [0.717, 1.165) is 12.0 Å². The predicted molar refractivity (Wildman–Crippen MR) is 81.0 cm³/mol. The third kappa shape index (κ3) is 5.27. The van der Waals surface area contributed by atoms with Gasteiger partial charge in [0.15, 0.2) is 0 Å². The van der Waals surface area contributed by atoms with E-state index in [1.165, 1.54) is 58.2 Å². The van der Waals surface area contributed by atoms with Gasteiger partial charge >= 0.3 is 0 Å². The molecule has 0 radical (unpaired) electrons. The van der Waals surface area contributed by atoms with Crippen LogP contribution in [0.1, 0.15) is 66.2 Å². The second-order valence-electron chi connectivity index (χ2n) is 5.94. The molecule has 0 aromatic carbocycles. The minimum atomic E-state index is 0.692. The molecule has 2 nitrogen and oxygen atoms in total. The number of hydrogen-bond donors (Lipinski definition) is 1. The average Bonchev–Trinajstić information content (AvgIpc) is 2.82. The van der Waals surface area contributed by atoms with Gasteiger partial charge in [0.1, 0.15) is 0 Å². The van der Waals surface area contributed by atoms with E-state index in [0.29, 0.717) is 6.04 Å². The topological polar surface area (TPSA) is 15.3 Å². The van der Waals surface area contributed by atoms with Crippen molar-refractivity contribution in [1.82, 2.24) is 10.2 Å². The Morgan fingerprint density at radius 2 is 1.89 bits per heavy atom. The quantitative estimate of drug-likeness (QED) is 0.675. The molecule has 0 aromatic rings. The van der Waals surface area contributed by atoms with Gasteiger partial charge in [-0.2, -0.15) is 0 Å². The molecule has 2 heteroatoms. The molecule has 3 atom stereocenters. The third-order valence-electron chi connectivity index (χ3n) is 4.69. The molecule has 1 N–H and O–H groups in total. The van der Waals surface area contributed by atoms with Crippen LogP contribution in [0.15, 0.2) is 0 Å². The third-order valence-corrected chi connectivity index (χ3v) is 4.69. The summed E-state index contributed by atoms with van der Waals surface area (Å²) in [6.07, 6.45) is 8.29. The summed E-state index contributed by atoms with van der Waals surface area (Å²) in [6, 6.07) is 1.50. The molecule has 0 aromatic heterocycles. The van der Waals surface area contributed by atoms with Gasteiger partial charge in [0, 0.05) is 12.1 Å². The van der Waals surface area contributed by atoms with E-state index in [9.17, 15) is 0 Å². The van der Waals surface area contributed by atoms with Crippen molar-refractivity contribution in [2.75, 3.05) is 19.6 Å². The van der Waals surface area contributed by atoms with Gasteiger partial charge in [-0.25, -0.2) is 0 Å². The van der Waals surface area contributed by atoms with Gasteiger partial charge in [-0.1, -0.05) is 33.6 Å². The van der Waals surface area contributed by atoms with Crippen LogP contribution in [0, 0.1) is 5.92 Å². The summed E-state index contributed by atoms with van der Waals surface area (Å²) in [5.74, 6) is 0.940. The van der Waals surface area contributed by atoms with Crippen molar-refractivity contribution in [1.29, 1.82) is 0 Å². The highest BCUT2D eigenvalue weighted by molar-refractivity contribution is 4.84. The first-order valence-corrected chi connectivity index (χ1v) is 8.19. The van der Waals surface area contributed by atoms with Gasteiger partial charge in [0.05, 0.1) is 0 Å². The van der Waals surface area contributed by atoms with Crippen molar-refractivity contribution >= 4 is 0 Å². The Morgan fingerprint density at radius 1 is 1.17 bits per heavy atom. The van der Waals surface area contributed by atoms with Crippen molar-refractivity contribution in [3.05, 3.63) is 0 Å². The van der Waals surface area contributed by atoms with Crippen molar-refractivity contribution in [3.8, 4) is 0 Å². The zero-order chi connectivity index (χ0) is 13.4. The first kappa shape index (κ1) is 16.0. The smallest absolute Gasteiger partial charge is 0.00977 e. The van der Waals surface area contributed by atoms with Gasteiger partial charge in [-0.15, -0.1) is 0 Å². The molecule has 1 aliphatic rings. The van der Waals surface area contributed by atoms with Gasteiger partial charge < -0.3 is 10.2 Å². The Balaban J connectivity index is 2.15. The van der Waals surface area contributed by atoms with Crippen LogP contribution in [0.5, 0.6) is 0 Å². The minimum Gasteiger partial charge on any atom is -0.311 e. The molecule has 18 heavy (non-hydrogen) atoms. The first-order chi connectivity index (χ1) is 8.71. The minimum absolute atomic E-state index is 0.692. The fourth-order valence-corrected chi connectivity index (χ4v) is 3.35. The molecule has 0 saturated heterocycles. The summed E-state index contributed by atoms with van der Waals surface area (Å²) in [5.41, 5.74) is 0. The Kier molecular flexibility index (Phi) is 7.92. The molecule has 108 valence electrons. The standard InChI is InChI=1S/C16H34N2/c1-5-15-11-8-12-16(15)17-14(4)10-9-13-18(6-2)7-3/h14-17H,5-13H2,1-4H3. The molecule has 1 saturated carbocycles. The van der Waals surface area contributed by atoms with Crippen LogP contribution in [-0.4, -0.2) is 36.6 Å². The summed E-state index contributed by atoms with van der Waals surface area (Å²) in [7, 11) is 0. The average molecular weight is 254 g/mol. The Bertz CT molecular complexity index is 201. The van der Waals surface area contributed by atoms with E-state index in [1.54, 1.807) is 0 Å². The lowest BCUT2D eigenvalue weighted by molar-refractivity contribution is 0.282. The van der Waals surface area contributed by atoms with Gasteiger partial charge in [0.2, 0.25) is 0 Å². The van der Waals surface area contributed by atoms with E-state index < -0.39 is 0 Å². The molecule has 1 rings (SSSR count). The molecule has 0 bridgehead atoms. The van der Waals surface area contributed by atoms with Crippen LogP contribution in [0.25, 0.3) is 0 Å². The fraction of sp³-hybridized carbons (Fsp3) is 1.00. The van der Waals surface area contributed by atoms with E-state index in [2.05, 4.69) is 37.9 Å². The van der Waals surface area contributed by atoms with Crippen molar-refractivity contribution in [2.45, 2.75) is 78.3 Å². The van der Waals surface area contributed by atoms with Crippen LogP contribution < -0.4 is 5.32 Å². The van der Waals surface area contributed by atoms with Crippen molar-refractivity contribution in [2.24, 2.45) is 5.92 Å². The highest BCUT2D eigenvalue weighted by atomic mass is 15.1. The molecule has 0 spiro atoms. The van der Waals surface area contributed by atoms with E-state index >= 15 is 0 Å². The van der Waals surface area contributed by atoms with Crippen LogP contribution in [0.3, 0.4) is 0 Å². The molecule has 3 unspecified atom stereocenters. The molecule has 1 aliphatic carbocycles. The van der Waals surface area contributed by atoms with Crippen LogP contribution in [0.4, 0.5) is 0 Å². The lowest BCUT2D eigenvalue weighted by Gasteiger charge is -2.25. The molecule has 0 heterocycles. The number of hydrogen-bond acceptors (Lipinski definition) is 2. The van der Waals surface area contributed by atoms with E-state index in [1.807, 2.05) is 0 Å². The maximum Gasteiger partial charge on any atom is 0.00977 e. The Hall–Kier alpha value is -0.0800. The fourth-order valence-electron chi connectivity index (χ4n) is 3.35. The van der Waals surface area contributed by atoms with Crippen molar-refractivity contribution < 1.29 is 0 Å². The number of nitrogens with zero attached hydrogens (tertiary/aromatic N) is 1. The highest BCUT2D eigenvalue weighted by Gasteiger charge is 2.26. The summed E-state index contributed by atoms with van der Waals surface area (Å²) in [4.78, 5) is 2.52. The van der Waals surface area contributed by atoms with Crippen LogP contribution in [0.2, 0.25) is 0 Å². The second kappa shape index (κ2) is 8.92. The normalized spacial score (nSPS) is 25.8.